The van der Waals surface area contributed by atoms with E-state index < -0.39 is 11.9 Å². The van der Waals surface area contributed by atoms with Crippen molar-refractivity contribution in [3.05, 3.63) is 90.3 Å². The van der Waals surface area contributed by atoms with Crippen LogP contribution in [0.15, 0.2) is 79.1 Å². The fourth-order valence-electron chi connectivity index (χ4n) is 9.23. The third kappa shape index (κ3) is 6.86. The highest BCUT2D eigenvalue weighted by Gasteiger charge is 2.41. The molecule has 16 nitrogen and oxygen atoms in total. The van der Waals surface area contributed by atoms with Gasteiger partial charge in [-0.3, -0.25) is 24.6 Å². The smallest absolute Gasteiger partial charge is 0.320 e. The van der Waals surface area contributed by atoms with Crippen molar-refractivity contribution in [2.75, 3.05) is 63.0 Å². The summed E-state index contributed by atoms with van der Waals surface area (Å²) >= 11 is 0. The number of hydrogen-bond donors (Lipinski definition) is 2. The quantitative estimate of drug-likeness (QED) is 0.229. The van der Waals surface area contributed by atoms with E-state index in [2.05, 4.69) is 31.2 Å². The van der Waals surface area contributed by atoms with E-state index in [9.17, 15) is 19.2 Å². The number of nitrogens with two attached hydrogens (primary N) is 1. The predicted molar refractivity (Wildman–Crippen MR) is 219 cm³/mol. The lowest BCUT2D eigenvalue weighted by atomic mass is 10.0. The number of carbonyl (C=O) groups excluding carboxylic acids is 4. The summed E-state index contributed by atoms with van der Waals surface area (Å²) in [6.45, 7) is 6.39. The average molecular weight is 796 g/mol. The lowest BCUT2D eigenvalue weighted by Gasteiger charge is -2.50. The molecule has 0 radical (unpaired) electrons. The molecule has 10 rings (SSSR count). The summed E-state index contributed by atoms with van der Waals surface area (Å²) in [6.07, 6.45) is 3.76. The molecular weight excluding hydrogens is 751 g/mol. The van der Waals surface area contributed by atoms with E-state index in [0.717, 1.165) is 61.6 Å². The molecule has 59 heavy (non-hydrogen) atoms. The highest BCUT2D eigenvalue weighted by Crippen LogP contribution is 2.36. The number of para-hydroxylation sites is 1. The van der Waals surface area contributed by atoms with Gasteiger partial charge in [0.1, 0.15) is 35.4 Å². The minimum absolute atomic E-state index is 0.0588. The molecule has 0 aliphatic carbocycles. The molecule has 302 valence electrons. The monoisotopic (exact) mass is 795 g/mol. The normalized spacial score (nSPS) is 21.5. The summed E-state index contributed by atoms with van der Waals surface area (Å²) in [7, 11) is 0. The largest absolute Gasteiger partial charge is 0.457 e. The van der Waals surface area contributed by atoms with Crippen molar-refractivity contribution in [2.45, 2.75) is 50.4 Å². The maximum atomic E-state index is 13.9. The van der Waals surface area contributed by atoms with Crippen molar-refractivity contribution in [1.82, 2.24) is 44.7 Å². The molecule has 16 heteroatoms. The molecule has 3 aromatic carbocycles. The van der Waals surface area contributed by atoms with Crippen LogP contribution in [0.5, 0.6) is 11.5 Å². The number of carbonyl (C=O) groups is 4. The van der Waals surface area contributed by atoms with Crippen LogP contribution in [0.3, 0.4) is 0 Å². The van der Waals surface area contributed by atoms with Crippen molar-refractivity contribution < 1.29 is 23.9 Å². The number of piperazine rings is 1. The van der Waals surface area contributed by atoms with Gasteiger partial charge < -0.3 is 30.1 Å². The number of amides is 5. The molecule has 5 aliphatic heterocycles. The van der Waals surface area contributed by atoms with E-state index in [4.69, 9.17) is 15.6 Å². The van der Waals surface area contributed by atoms with Crippen LogP contribution in [0.2, 0.25) is 0 Å². The number of piperidine rings is 2. The molecular formula is C43H45N11O5. The summed E-state index contributed by atoms with van der Waals surface area (Å²) in [4.78, 5) is 70.4. The molecule has 2 atom stereocenters. The summed E-state index contributed by atoms with van der Waals surface area (Å²) in [5.74, 6) is 0.976. The Morgan fingerprint density at radius 1 is 0.814 bits per heavy atom. The zero-order chi connectivity index (χ0) is 40.2. The maximum Gasteiger partial charge on any atom is 0.320 e. The first-order valence-electron chi connectivity index (χ1n) is 20.4. The third-order valence-corrected chi connectivity index (χ3v) is 12.5. The Morgan fingerprint density at radius 2 is 1.58 bits per heavy atom. The Balaban J connectivity index is 0.747. The zero-order valence-electron chi connectivity index (χ0n) is 32.6. The van der Waals surface area contributed by atoms with Crippen LogP contribution in [-0.4, -0.2) is 128 Å². The molecule has 2 aromatic heterocycles. The summed E-state index contributed by atoms with van der Waals surface area (Å²) in [6, 6.07) is 23.0. The highest BCUT2D eigenvalue weighted by molar-refractivity contribution is 6.05. The van der Waals surface area contributed by atoms with Crippen LogP contribution in [0.25, 0.3) is 22.3 Å². The predicted octanol–water partition coefficient (Wildman–Crippen LogP) is 3.89. The molecule has 0 spiro atoms. The molecule has 4 fully saturated rings. The van der Waals surface area contributed by atoms with Crippen LogP contribution in [0.1, 0.15) is 47.6 Å². The number of nitrogen functional groups attached to an aromatic ring is 1. The van der Waals surface area contributed by atoms with Gasteiger partial charge in [-0.1, -0.05) is 18.2 Å². The number of imide groups is 1. The molecule has 1 unspecified atom stereocenters. The van der Waals surface area contributed by atoms with Crippen molar-refractivity contribution in [3.63, 3.8) is 0 Å². The second kappa shape index (κ2) is 15.0. The number of nitrogens with one attached hydrogen (secondary N) is 1. The van der Waals surface area contributed by atoms with Gasteiger partial charge in [0.05, 0.1) is 11.4 Å². The third-order valence-electron chi connectivity index (χ3n) is 12.5. The van der Waals surface area contributed by atoms with Crippen LogP contribution in [0.4, 0.5) is 16.3 Å². The Morgan fingerprint density at radius 3 is 2.36 bits per heavy atom. The number of fused-ring (bicyclic) bond motifs is 2. The molecule has 3 N–H and O–H groups in total. The van der Waals surface area contributed by atoms with Crippen LogP contribution < -0.4 is 20.7 Å². The number of ether oxygens (including phenoxy) is 1. The molecule has 5 aliphatic rings. The van der Waals surface area contributed by atoms with Crippen molar-refractivity contribution in [2.24, 2.45) is 0 Å². The Kier molecular flexibility index (Phi) is 9.34. The molecule has 7 heterocycles. The number of anilines is 2. The second-order valence-electron chi connectivity index (χ2n) is 16.0. The van der Waals surface area contributed by atoms with Crippen LogP contribution in [-0.2, 0) is 16.1 Å². The lowest BCUT2D eigenvalue weighted by Crippen LogP contribution is -2.66. The highest BCUT2D eigenvalue weighted by atomic mass is 16.5. The van der Waals surface area contributed by atoms with E-state index in [1.54, 1.807) is 4.90 Å². The first-order valence-corrected chi connectivity index (χ1v) is 20.4. The standard InChI is InChI=1S/C43H45N11O5/c44-39-37-38(27-8-11-33(12-9-27)59-32-6-2-1-3-7-32)48-54(40(37)46-26-45-39)30-5-4-16-51(23-30)43(58)52-24-31(25-52)50-19-17-49(18-20-50)29-10-13-34-28(21-29)22-53(42(34)57)35-14-15-36(55)47-41(35)56/h1-3,6-13,21,26,30-31,35H,4-5,14-20,22-25H2,(H2,44,45,46)(H,47,55,56)/t30?,35-/m1/s1. The molecule has 0 saturated carbocycles. The summed E-state index contributed by atoms with van der Waals surface area (Å²) < 4.78 is 7.93. The first-order chi connectivity index (χ1) is 28.8. The Bertz CT molecular complexity index is 2440. The van der Waals surface area contributed by atoms with E-state index in [0.29, 0.717) is 79.0 Å². The van der Waals surface area contributed by atoms with Gasteiger partial charge in [-0.15, -0.1) is 0 Å². The molecule has 5 aromatic rings. The number of benzene rings is 3. The van der Waals surface area contributed by atoms with Gasteiger partial charge in [-0.25, -0.2) is 19.4 Å². The van der Waals surface area contributed by atoms with Crippen molar-refractivity contribution >= 4 is 46.3 Å². The van der Waals surface area contributed by atoms with E-state index in [-0.39, 0.29) is 30.3 Å². The van der Waals surface area contributed by atoms with Gasteiger partial charge in [0.2, 0.25) is 11.8 Å². The zero-order valence-corrected chi connectivity index (χ0v) is 32.6. The molecule has 4 saturated heterocycles. The SMILES string of the molecule is Nc1ncnc2c1c(-c1ccc(Oc3ccccc3)cc1)nn2C1CCCN(C(=O)N2CC(N3CCN(c4ccc5c(c4)CN([C@@H]4CCC(=O)NC4=O)C5=O)CC3)C2)C1. The number of hydrogen-bond acceptors (Lipinski definition) is 11. The van der Waals surface area contributed by atoms with Crippen molar-refractivity contribution in [3.8, 4) is 22.8 Å². The fraction of sp³-hybridized carbons (Fsp3) is 0.372. The van der Waals surface area contributed by atoms with E-state index in [1.165, 1.54) is 6.33 Å². The average Bonchev–Trinajstić information content (AvgIpc) is 3.79. The van der Waals surface area contributed by atoms with Crippen LogP contribution in [0, 0.1) is 0 Å². The number of rotatable bonds is 7. The summed E-state index contributed by atoms with van der Waals surface area (Å²) in [5, 5.41) is 8.13. The van der Waals surface area contributed by atoms with E-state index in [1.807, 2.05) is 81.2 Å². The Hall–Kier alpha value is -6.55. The molecule has 5 amide bonds. The minimum Gasteiger partial charge on any atom is -0.457 e. The lowest BCUT2D eigenvalue weighted by molar-refractivity contribution is -0.136. The van der Waals surface area contributed by atoms with Gasteiger partial charge in [-0.05, 0) is 79.4 Å². The van der Waals surface area contributed by atoms with Gasteiger partial charge in [0, 0.05) is 88.2 Å². The number of urea groups is 1. The van der Waals surface area contributed by atoms with Gasteiger partial charge >= 0.3 is 6.03 Å². The van der Waals surface area contributed by atoms with Gasteiger partial charge in [-0.2, -0.15) is 5.10 Å². The van der Waals surface area contributed by atoms with Crippen LogP contribution >= 0.6 is 0 Å². The number of nitrogens with zero attached hydrogens (tertiary/aromatic N) is 9. The minimum atomic E-state index is -0.624. The van der Waals surface area contributed by atoms with Gasteiger partial charge in [0.15, 0.2) is 5.65 Å². The van der Waals surface area contributed by atoms with Gasteiger partial charge in [0.25, 0.3) is 5.91 Å². The molecule has 0 bridgehead atoms. The second-order valence-corrected chi connectivity index (χ2v) is 16.0. The van der Waals surface area contributed by atoms with Crippen molar-refractivity contribution in [1.29, 1.82) is 0 Å². The first kappa shape index (κ1) is 36.8. The Labute approximate surface area is 340 Å². The maximum absolute atomic E-state index is 13.9. The number of aromatic nitrogens is 4. The summed E-state index contributed by atoms with van der Waals surface area (Å²) in [5.41, 5.74) is 11.2. The fourth-order valence-corrected chi connectivity index (χ4v) is 9.23. The van der Waals surface area contributed by atoms with E-state index >= 15 is 0 Å². The topological polar surface area (TPSA) is 175 Å². The number of likely N-dealkylation sites (tertiary alicyclic amines) is 2.